The van der Waals surface area contributed by atoms with E-state index in [9.17, 15) is 0 Å². The zero-order chi connectivity index (χ0) is 12.1. The molecule has 0 fully saturated rings. The molecule has 1 aromatic carbocycles. The zero-order valence-electron chi connectivity index (χ0n) is 10.1. The summed E-state index contributed by atoms with van der Waals surface area (Å²) in [6.07, 6.45) is 3.61. The monoisotopic (exact) mass is 228 g/mol. The van der Waals surface area contributed by atoms with Crippen LogP contribution in [0.25, 0.3) is 0 Å². The fourth-order valence-electron chi connectivity index (χ4n) is 1.69. The predicted molar refractivity (Wildman–Crippen MR) is 69.3 cm³/mol. The van der Waals surface area contributed by atoms with Crippen molar-refractivity contribution in [3.8, 4) is 5.75 Å². The third kappa shape index (κ3) is 2.97. The smallest absolute Gasteiger partial charge is 0.118 e. The first-order valence-electron chi connectivity index (χ1n) is 5.53. The number of benzene rings is 1. The number of methoxy groups -OCH3 is 1. The van der Waals surface area contributed by atoms with Crippen LogP contribution >= 0.6 is 0 Å². The molecule has 0 spiro atoms. The number of ether oxygens (including phenoxy) is 1. The van der Waals surface area contributed by atoms with Crippen LogP contribution < -0.4 is 9.64 Å². The highest BCUT2D eigenvalue weighted by molar-refractivity contribution is 5.44. The van der Waals surface area contributed by atoms with Crippen LogP contribution in [0.4, 0.5) is 5.69 Å². The summed E-state index contributed by atoms with van der Waals surface area (Å²) < 4.78 is 5.14. The summed E-state index contributed by atoms with van der Waals surface area (Å²) in [5.41, 5.74) is 2.42. The molecular formula is C14H16N2O. The summed E-state index contributed by atoms with van der Waals surface area (Å²) >= 11 is 0. The molecule has 0 N–H and O–H groups in total. The van der Waals surface area contributed by atoms with E-state index in [1.807, 2.05) is 24.3 Å². The molecule has 0 unspecified atom stereocenters. The fourth-order valence-corrected chi connectivity index (χ4v) is 1.69. The van der Waals surface area contributed by atoms with E-state index in [2.05, 4.69) is 29.1 Å². The Morgan fingerprint density at radius 3 is 2.29 bits per heavy atom. The first-order chi connectivity index (χ1) is 8.29. The van der Waals surface area contributed by atoms with Gasteiger partial charge >= 0.3 is 0 Å². The summed E-state index contributed by atoms with van der Waals surface area (Å²) in [5, 5.41) is 0. The summed E-state index contributed by atoms with van der Waals surface area (Å²) in [7, 11) is 3.75. The molecule has 0 saturated carbocycles. The molecule has 1 heterocycles. The van der Waals surface area contributed by atoms with Crippen LogP contribution in [0.2, 0.25) is 0 Å². The molecule has 0 aliphatic carbocycles. The average molecular weight is 228 g/mol. The Balaban J connectivity index is 2.05. The number of aromatic nitrogens is 1. The van der Waals surface area contributed by atoms with Crippen molar-refractivity contribution in [1.29, 1.82) is 0 Å². The van der Waals surface area contributed by atoms with Gasteiger partial charge in [-0.15, -0.1) is 0 Å². The van der Waals surface area contributed by atoms with Gasteiger partial charge in [-0.2, -0.15) is 0 Å². The quantitative estimate of drug-likeness (QED) is 0.804. The SMILES string of the molecule is COc1ccc(CN(C)c2ccncc2)cc1. The second kappa shape index (κ2) is 5.34. The number of hydrogen-bond donors (Lipinski definition) is 0. The lowest BCUT2D eigenvalue weighted by Crippen LogP contribution is -2.16. The lowest BCUT2D eigenvalue weighted by Gasteiger charge is -2.19. The Bertz CT molecular complexity index is 453. The lowest BCUT2D eigenvalue weighted by atomic mass is 10.2. The number of hydrogen-bond acceptors (Lipinski definition) is 3. The molecule has 0 radical (unpaired) electrons. The third-order valence-corrected chi connectivity index (χ3v) is 2.68. The van der Waals surface area contributed by atoms with Gasteiger partial charge in [-0.05, 0) is 29.8 Å². The van der Waals surface area contributed by atoms with Crippen molar-refractivity contribution < 1.29 is 4.74 Å². The number of anilines is 1. The molecule has 0 aliphatic rings. The molecule has 2 rings (SSSR count). The average Bonchev–Trinajstić information content (AvgIpc) is 2.40. The van der Waals surface area contributed by atoms with Gasteiger partial charge in [0.25, 0.3) is 0 Å². The molecular weight excluding hydrogens is 212 g/mol. The summed E-state index contributed by atoms with van der Waals surface area (Å²) in [4.78, 5) is 6.20. The Morgan fingerprint density at radius 1 is 1.06 bits per heavy atom. The second-order valence-corrected chi connectivity index (χ2v) is 3.91. The van der Waals surface area contributed by atoms with E-state index in [-0.39, 0.29) is 0 Å². The molecule has 0 amide bonds. The summed E-state index contributed by atoms with van der Waals surface area (Å²) in [6.45, 7) is 0.869. The molecule has 1 aromatic heterocycles. The van der Waals surface area contributed by atoms with Crippen molar-refractivity contribution in [1.82, 2.24) is 4.98 Å². The second-order valence-electron chi connectivity index (χ2n) is 3.91. The maximum atomic E-state index is 5.14. The van der Waals surface area contributed by atoms with Crippen LogP contribution in [0.15, 0.2) is 48.8 Å². The molecule has 0 bridgehead atoms. The van der Waals surface area contributed by atoms with Gasteiger partial charge < -0.3 is 9.64 Å². The standard InChI is InChI=1S/C14H16N2O/c1-16(13-7-9-15-10-8-13)11-12-3-5-14(17-2)6-4-12/h3-10H,11H2,1-2H3. The van der Waals surface area contributed by atoms with E-state index in [1.54, 1.807) is 19.5 Å². The molecule has 3 nitrogen and oxygen atoms in total. The molecule has 2 aromatic rings. The minimum absolute atomic E-state index is 0.869. The summed E-state index contributed by atoms with van der Waals surface area (Å²) in [6, 6.07) is 12.1. The first kappa shape index (κ1) is 11.5. The van der Waals surface area contributed by atoms with Gasteiger partial charge in [0.15, 0.2) is 0 Å². The van der Waals surface area contributed by atoms with E-state index in [0.29, 0.717) is 0 Å². The van der Waals surface area contributed by atoms with Crippen molar-refractivity contribution in [3.63, 3.8) is 0 Å². The molecule has 88 valence electrons. The van der Waals surface area contributed by atoms with Gasteiger partial charge in [0.05, 0.1) is 7.11 Å². The van der Waals surface area contributed by atoms with Crippen molar-refractivity contribution in [2.45, 2.75) is 6.54 Å². The number of pyridine rings is 1. The fraction of sp³-hybridized carbons (Fsp3) is 0.214. The van der Waals surface area contributed by atoms with Crippen LogP contribution in [0.3, 0.4) is 0 Å². The van der Waals surface area contributed by atoms with Crippen molar-refractivity contribution in [2.24, 2.45) is 0 Å². The molecule has 0 saturated heterocycles. The van der Waals surface area contributed by atoms with E-state index in [0.717, 1.165) is 18.0 Å². The van der Waals surface area contributed by atoms with E-state index < -0.39 is 0 Å². The van der Waals surface area contributed by atoms with Crippen LogP contribution in [0.1, 0.15) is 5.56 Å². The van der Waals surface area contributed by atoms with Gasteiger partial charge in [-0.25, -0.2) is 0 Å². The normalized spacial score (nSPS) is 10.0. The van der Waals surface area contributed by atoms with E-state index in [4.69, 9.17) is 4.74 Å². The molecule has 17 heavy (non-hydrogen) atoms. The highest BCUT2D eigenvalue weighted by Crippen LogP contribution is 2.16. The third-order valence-electron chi connectivity index (χ3n) is 2.68. The van der Waals surface area contributed by atoms with Crippen molar-refractivity contribution in [3.05, 3.63) is 54.4 Å². The summed E-state index contributed by atoms with van der Waals surface area (Å²) in [5.74, 6) is 0.889. The molecule has 0 aliphatic heterocycles. The van der Waals surface area contributed by atoms with E-state index in [1.165, 1.54) is 5.56 Å². The highest BCUT2D eigenvalue weighted by atomic mass is 16.5. The van der Waals surface area contributed by atoms with Gasteiger partial charge in [0, 0.05) is 31.7 Å². The largest absolute Gasteiger partial charge is 0.497 e. The lowest BCUT2D eigenvalue weighted by molar-refractivity contribution is 0.414. The molecule has 0 atom stereocenters. The van der Waals surface area contributed by atoms with Crippen LogP contribution in [0, 0.1) is 0 Å². The van der Waals surface area contributed by atoms with Crippen molar-refractivity contribution in [2.75, 3.05) is 19.1 Å². The Labute approximate surface area is 102 Å². The van der Waals surface area contributed by atoms with Crippen LogP contribution in [0.5, 0.6) is 5.75 Å². The minimum Gasteiger partial charge on any atom is -0.497 e. The van der Waals surface area contributed by atoms with Gasteiger partial charge in [0.2, 0.25) is 0 Å². The minimum atomic E-state index is 0.869. The van der Waals surface area contributed by atoms with Gasteiger partial charge in [0.1, 0.15) is 5.75 Å². The predicted octanol–water partition coefficient (Wildman–Crippen LogP) is 2.73. The first-order valence-corrected chi connectivity index (χ1v) is 5.53. The molecule has 3 heteroatoms. The van der Waals surface area contributed by atoms with Crippen LogP contribution in [-0.4, -0.2) is 19.1 Å². The highest BCUT2D eigenvalue weighted by Gasteiger charge is 2.01. The van der Waals surface area contributed by atoms with E-state index >= 15 is 0 Å². The Hall–Kier alpha value is -2.03. The van der Waals surface area contributed by atoms with Gasteiger partial charge in [-0.1, -0.05) is 12.1 Å². The topological polar surface area (TPSA) is 25.4 Å². The Kier molecular flexibility index (Phi) is 3.60. The maximum absolute atomic E-state index is 5.14. The van der Waals surface area contributed by atoms with Gasteiger partial charge in [-0.3, -0.25) is 4.98 Å². The Morgan fingerprint density at radius 2 is 1.71 bits per heavy atom. The number of rotatable bonds is 4. The van der Waals surface area contributed by atoms with Crippen molar-refractivity contribution >= 4 is 5.69 Å². The number of nitrogens with zero attached hydrogens (tertiary/aromatic N) is 2. The van der Waals surface area contributed by atoms with Crippen LogP contribution in [-0.2, 0) is 6.54 Å². The zero-order valence-corrected chi connectivity index (χ0v) is 10.1. The maximum Gasteiger partial charge on any atom is 0.118 e.